The summed E-state index contributed by atoms with van der Waals surface area (Å²) in [5.74, 6) is 1.25. The third-order valence-electron chi connectivity index (χ3n) is 4.69. The molecule has 0 saturated carbocycles. The van der Waals surface area contributed by atoms with Gasteiger partial charge >= 0.3 is 0 Å². The van der Waals surface area contributed by atoms with E-state index in [4.69, 9.17) is 18.9 Å². The van der Waals surface area contributed by atoms with Crippen LogP contribution < -0.4 is 25.1 Å². The zero-order valence-corrected chi connectivity index (χ0v) is 18.3. The zero-order chi connectivity index (χ0) is 22.9. The second-order valence-corrected chi connectivity index (χ2v) is 6.85. The molecule has 3 aromatic rings. The zero-order valence-electron chi connectivity index (χ0n) is 18.3. The highest BCUT2D eigenvalue weighted by atomic mass is 16.5. The lowest BCUT2D eigenvalue weighted by molar-refractivity contribution is -0.116. The average molecular weight is 442 g/mol. The number of pyridine rings is 1. The van der Waals surface area contributed by atoms with Crippen molar-refractivity contribution in [1.29, 1.82) is 0 Å². The molecule has 1 aromatic carbocycles. The van der Waals surface area contributed by atoms with E-state index in [9.17, 15) is 9.59 Å². The number of ether oxygens (including phenoxy) is 4. The maximum atomic E-state index is 12.8. The number of nitrogens with one attached hydrogen (secondary N) is 1. The van der Waals surface area contributed by atoms with Crippen LogP contribution in [0.15, 0.2) is 41.6 Å². The van der Waals surface area contributed by atoms with Gasteiger partial charge in [-0.15, -0.1) is 0 Å². The third-order valence-corrected chi connectivity index (χ3v) is 4.69. The molecule has 10 heteroatoms. The summed E-state index contributed by atoms with van der Waals surface area (Å²) < 4.78 is 22.3. The summed E-state index contributed by atoms with van der Waals surface area (Å²) in [7, 11) is 4.63. The highest BCUT2D eigenvalue weighted by Crippen LogP contribution is 2.29. The van der Waals surface area contributed by atoms with E-state index in [1.165, 1.54) is 31.3 Å². The summed E-state index contributed by atoms with van der Waals surface area (Å²) in [6.45, 7) is 1.23. The first-order chi connectivity index (χ1) is 15.5. The molecular weight excluding hydrogens is 416 g/mol. The molecule has 0 bridgehead atoms. The first-order valence-electron chi connectivity index (χ1n) is 10.0. The van der Waals surface area contributed by atoms with Crippen LogP contribution in [0, 0.1) is 0 Å². The Labute approximate surface area is 185 Å². The minimum Gasteiger partial charge on any atom is -0.493 e. The molecule has 0 aliphatic rings. The topological polar surface area (TPSA) is 114 Å². The third kappa shape index (κ3) is 5.73. The van der Waals surface area contributed by atoms with Gasteiger partial charge < -0.3 is 24.3 Å². The number of amides is 1. The first kappa shape index (κ1) is 23.0. The molecule has 2 heterocycles. The number of carbonyl (C=O) groups is 1. The molecular formula is C22H26N4O6. The molecule has 0 aliphatic carbocycles. The Morgan fingerprint density at radius 3 is 2.53 bits per heavy atom. The van der Waals surface area contributed by atoms with Crippen molar-refractivity contribution in [1.82, 2.24) is 14.5 Å². The Balaban J connectivity index is 1.56. The maximum Gasteiger partial charge on any atom is 0.261 e. The molecule has 1 amide bonds. The van der Waals surface area contributed by atoms with Crippen molar-refractivity contribution in [2.75, 3.05) is 39.9 Å². The number of benzene rings is 1. The summed E-state index contributed by atoms with van der Waals surface area (Å²) in [6, 6.07) is 6.67. The van der Waals surface area contributed by atoms with Gasteiger partial charge in [-0.2, -0.15) is 0 Å². The summed E-state index contributed by atoms with van der Waals surface area (Å²) >= 11 is 0. The Morgan fingerprint density at radius 2 is 1.84 bits per heavy atom. The van der Waals surface area contributed by atoms with Gasteiger partial charge in [0.1, 0.15) is 6.61 Å². The Kier molecular flexibility index (Phi) is 7.98. The van der Waals surface area contributed by atoms with Crippen LogP contribution in [-0.4, -0.2) is 55.0 Å². The van der Waals surface area contributed by atoms with Gasteiger partial charge in [-0.1, -0.05) is 0 Å². The van der Waals surface area contributed by atoms with E-state index < -0.39 is 0 Å². The van der Waals surface area contributed by atoms with Crippen molar-refractivity contribution in [3.05, 3.63) is 47.1 Å². The predicted molar refractivity (Wildman–Crippen MR) is 119 cm³/mol. The summed E-state index contributed by atoms with van der Waals surface area (Å²) in [5.41, 5.74) is 0.882. The van der Waals surface area contributed by atoms with E-state index >= 15 is 0 Å². The van der Waals surface area contributed by atoms with E-state index in [0.29, 0.717) is 60.1 Å². The molecule has 0 fully saturated rings. The SMILES string of the molecule is COCCOc1ccc(NC(=O)CCCn2cnc3cc(OC)c(OC)cc3c2=O)cn1. The monoisotopic (exact) mass is 442 g/mol. The molecule has 0 radical (unpaired) electrons. The number of anilines is 1. The number of nitrogens with zero attached hydrogens (tertiary/aromatic N) is 3. The second-order valence-electron chi connectivity index (χ2n) is 6.85. The van der Waals surface area contributed by atoms with Gasteiger partial charge in [-0.25, -0.2) is 9.97 Å². The minimum absolute atomic E-state index is 0.173. The fraction of sp³-hybridized carbons (Fsp3) is 0.364. The molecule has 10 nitrogen and oxygen atoms in total. The van der Waals surface area contributed by atoms with Gasteiger partial charge in [0, 0.05) is 32.2 Å². The smallest absolute Gasteiger partial charge is 0.261 e. The van der Waals surface area contributed by atoms with Crippen LogP contribution >= 0.6 is 0 Å². The molecule has 2 aromatic heterocycles. The van der Waals surface area contributed by atoms with Crippen LogP contribution in [-0.2, 0) is 16.1 Å². The van der Waals surface area contributed by atoms with E-state index in [0.717, 1.165) is 0 Å². The Hall–Kier alpha value is -3.66. The van der Waals surface area contributed by atoms with E-state index in [1.807, 2.05) is 0 Å². The van der Waals surface area contributed by atoms with Crippen molar-refractivity contribution in [2.45, 2.75) is 19.4 Å². The number of aromatic nitrogens is 3. The van der Waals surface area contributed by atoms with Crippen LogP contribution in [0.25, 0.3) is 10.9 Å². The van der Waals surface area contributed by atoms with Gasteiger partial charge in [0.25, 0.3) is 5.56 Å². The van der Waals surface area contributed by atoms with Crippen molar-refractivity contribution < 1.29 is 23.7 Å². The van der Waals surface area contributed by atoms with Crippen LogP contribution in [0.2, 0.25) is 0 Å². The summed E-state index contributed by atoms with van der Waals surface area (Å²) in [5, 5.41) is 3.20. The molecule has 170 valence electrons. The summed E-state index contributed by atoms with van der Waals surface area (Å²) in [6.07, 6.45) is 3.71. The molecule has 3 rings (SSSR count). The van der Waals surface area contributed by atoms with E-state index in [2.05, 4.69) is 15.3 Å². The summed E-state index contributed by atoms with van der Waals surface area (Å²) in [4.78, 5) is 33.5. The van der Waals surface area contributed by atoms with E-state index in [-0.39, 0.29) is 17.9 Å². The van der Waals surface area contributed by atoms with Crippen molar-refractivity contribution >= 4 is 22.5 Å². The lowest BCUT2D eigenvalue weighted by Gasteiger charge is -2.11. The van der Waals surface area contributed by atoms with E-state index in [1.54, 1.807) is 31.4 Å². The van der Waals surface area contributed by atoms with Gasteiger partial charge in [0.15, 0.2) is 11.5 Å². The highest BCUT2D eigenvalue weighted by Gasteiger charge is 2.11. The molecule has 0 unspecified atom stereocenters. The minimum atomic E-state index is -0.204. The van der Waals surface area contributed by atoms with Crippen LogP contribution in [0.1, 0.15) is 12.8 Å². The van der Waals surface area contributed by atoms with Crippen molar-refractivity contribution in [3.8, 4) is 17.4 Å². The standard InChI is InChI=1S/C22H26N4O6/c1-29-9-10-32-21-7-6-15(13-23-21)25-20(27)5-4-8-26-14-24-17-12-19(31-3)18(30-2)11-16(17)22(26)28/h6-7,11-14H,4-5,8-10H2,1-3H3,(H,25,27). The normalized spacial score (nSPS) is 10.7. The fourth-order valence-electron chi connectivity index (χ4n) is 3.05. The molecule has 0 aliphatic heterocycles. The van der Waals surface area contributed by atoms with Crippen LogP contribution in [0.5, 0.6) is 17.4 Å². The lowest BCUT2D eigenvalue weighted by atomic mass is 10.2. The fourth-order valence-corrected chi connectivity index (χ4v) is 3.05. The largest absolute Gasteiger partial charge is 0.493 e. The van der Waals surface area contributed by atoms with Crippen molar-refractivity contribution in [3.63, 3.8) is 0 Å². The maximum absolute atomic E-state index is 12.8. The van der Waals surface area contributed by atoms with Crippen LogP contribution in [0.3, 0.4) is 0 Å². The van der Waals surface area contributed by atoms with Gasteiger partial charge in [-0.05, 0) is 18.6 Å². The number of fused-ring (bicyclic) bond motifs is 1. The molecule has 0 spiro atoms. The Morgan fingerprint density at radius 1 is 1.06 bits per heavy atom. The predicted octanol–water partition coefficient (Wildman–Crippen LogP) is 2.25. The number of carbonyl (C=O) groups excluding carboxylic acids is 1. The van der Waals surface area contributed by atoms with Crippen molar-refractivity contribution in [2.24, 2.45) is 0 Å². The number of hydrogen-bond donors (Lipinski definition) is 1. The van der Waals surface area contributed by atoms with Gasteiger partial charge in [-0.3, -0.25) is 14.2 Å². The number of hydrogen-bond acceptors (Lipinski definition) is 8. The average Bonchev–Trinajstić information content (AvgIpc) is 2.81. The Bertz CT molecular complexity index is 1110. The first-order valence-corrected chi connectivity index (χ1v) is 10.0. The second kappa shape index (κ2) is 11.1. The highest BCUT2D eigenvalue weighted by molar-refractivity contribution is 5.90. The molecule has 0 atom stereocenters. The number of methoxy groups -OCH3 is 3. The number of aryl methyl sites for hydroxylation is 1. The van der Waals surface area contributed by atoms with Crippen LogP contribution in [0.4, 0.5) is 5.69 Å². The molecule has 32 heavy (non-hydrogen) atoms. The van der Waals surface area contributed by atoms with Gasteiger partial charge in [0.2, 0.25) is 11.8 Å². The molecule has 0 saturated heterocycles. The number of rotatable bonds is 11. The lowest BCUT2D eigenvalue weighted by Crippen LogP contribution is -2.22. The molecule has 1 N–H and O–H groups in total. The quantitative estimate of drug-likeness (QED) is 0.450. The van der Waals surface area contributed by atoms with Gasteiger partial charge in [0.05, 0.1) is 49.9 Å².